The molecule has 1 rings (SSSR count). The molecule has 0 aliphatic carbocycles. The lowest BCUT2D eigenvalue weighted by Crippen LogP contribution is -2.16. The maximum absolute atomic E-state index is 13.1. The van der Waals surface area contributed by atoms with E-state index in [2.05, 4.69) is 68.8 Å². The van der Waals surface area contributed by atoms with E-state index in [1.165, 1.54) is 24.3 Å². The second-order valence-corrected chi connectivity index (χ2v) is 13.2. The molecule has 1 aromatic rings. The van der Waals surface area contributed by atoms with Gasteiger partial charge in [-0.3, -0.25) is 14.1 Å². The monoisotopic (exact) mass is 686 g/mol. The molecule has 0 bridgehead atoms. The molecule has 2 unspecified atom stereocenters. The predicted octanol–water partition coefficient (Wildman–Crippen LogP) is 5.24. The molecule has 0 radical (unpaired) electrons. The van der Waals surface area contributed by atoms with Gasteiger partial charge in [0.2, 0.25) is 0 Å². The van der Waals surface area contributed by atoms with Crippen LogP contribution in [0.4, 0.5) is 5.69 Å². The predicted molar refractivity (Wildman–Crippen MR) is 125 cm³/mol. The first-order valence-electron chi connectivity index (χ1n) is 7.93. The molecule has 1 aromatic carbocycles. The van der Waals surface area contributed by atoms with Crippen molar-refractivity contribution in [1.82, 2.24) is 0 Å². The number of rotatable bonds is 13. The quantitative estimate of drug-likeness (QED) is 0.223. The lowest BCUT2D eigenvalue weighted by Gasteiger charge is -2.22. The SMILES string of the molecule is N#CCCS(=O)(=O)c1ccc(NP(=O)(OCC(Br)CBr)OCC(Br)CBr)cc1. The van der Waals surface area contributed by atoms with Gasteiger partial charge in [0, 0.05) is 32.4 Å². The Balaban J connectivity index is 2.92. The zero-order chi connectivity index (χ0) is 21.2. The van der Waals surface area contributed by atoms with E-state index in [0.717, 1.165) is 0 Å². The second kappa shape index (κ2) is 13.1. The summed E-state index contributed by atoms with van der Waals surface area (Å²) in [6.07, 6.45) is -0.0816. The molecule has 0 fully saturated rings. The first-order valence-corrected chi connectivity index (χ1v) is 15.2. The van der Waals surface area contributed by atoms with Crippen molar-refractivity contribution in [3.8, 4) is 6.07 Å². The summed E-state index contributed by atoms with van der Waals surface area (Å²) in [5, 5.41) is 12.5. The Morgan fingerprint density at radius 2 is 1.57 bits per heavy atom. The first-order chi connectivity index (χ1) is 13.2. The van der Waals surface area contributed by atoms with Crippen molar-refractivity contribution in [1.29, 1.82) is 5.26 Å². The number of hydrogen-bond donors (Lipinski definition) is 1. The number of nitrogens with zero attached hydrogens (tertiary/aromatic N) is 1. The van der Waals surface area contributed by atoms with Gasteiger partial charge in [0.25, 0.3) is 0 Å². The van der Waals surface area contributed by atoms with Crippen molar-refractivity contribution in [2.45, 2.75) is 21.0 Å². The van der Waals surface area contributed by atoms with Crippen LogP contribution >= 0.6 is 71.5 Å². The van der Waals surface area contributed by atoms with E-state index in [0.29, 0.717) is 16.3 Å². The van der Waals surface area contributed by atoms with E-state index >= 15 is 0 Å². The van der Waals surface area contributed by atoms with Gasteiger partial charge < -0.3 is 0 Å². The molecule has 0 amide bonds. The van der Waals surface area contributed by atoms with Crippen molar-refractivity contribution in [2.24, 2.45) is 0 Å². The number of alkyl halides is 4. The van der Waals surface area contributed by atoms with E-state index in [9.17, 15) is 13.0 Å². The highest BCUT2D eigenvalue weighted by atomic mass is 79.9. The van der Waals surface area contributed by atoms with Crippen molar-refractivity contribution < 1.29 is 22.0 Å². The van der Waals surface area contributed by atoms with Crippen LogP contribution in [0, 0.1) is 11.3 Å². The molecule has 0 aromatic heterocycles. The number of nitrogens with one attached hydrogen (secondary N) is 1. The van der Waals surface area contributed by atoms with Gasteiger partial charge in [-0.25, -0.2) is 13.0 Å². The van der Waals surface area contributed by atoms with Crippen LogP contribution in [-0.4, -0.2) is 47.7 Å². The number of benzene rings is 1. The molecular formula is C15H19Br4N2O5PS. The summed E-state index contributed by atoms with van der Waals surface area (Å²) in [5.41, 5.74) is 0.387. The molecule has 0 aliphatic rings. The summed E-state index contributed by atoms with van der Waals surface area (Å²) in [6, 6.07) is 7.54. The van der Waals surface area contributed by atoms with Gasteiger partial charge >= 0.3 is 7.75 Å². The lowest BCUT2D eigenvalue weighted by molar-refractivity contribution is 0.214. The average molecular weight is 690 g/mol. The summed E-state index contributed by atoms with van der Waals surface area (Å²) in [4.78, 5) is -0.0331. The number of halogens is 4. The maximum Gasteiger partial charge on any atom is 0.432 e. The van der Waals surface area contributed by atoms with Gasteiger partial charge in [0.1, 0.15) is 0 Å². The van der Waals surface area contributed by atoms with Gasteiger partial charge in [-0.1, -0.05) is 63.7 Å². The summed E-state index contributed by atoms with van der Waals surface area (Å²) in [6.45, 7) is 0.273. The molecule has 0 saturated heterocycles. The fourth-order valence-electron chi connectivity index (χ4n) is 1.74. The second-order valence-electron chi connectivity index (χ2n) is 5.46. The van der Waals surface area contributed by atoms with Gasteiger partial charge in [-0.2, -0.15) is 5.26 Å². The Morgan fingerprint density at radius 1 is 1.07 bits per heavy atom. The molecular weight excluding hydrogens is 671 g/mol. The van der Waals surface area contributed by atoms with Crippen LogP contribution < -0.4 is 5.09 Å². The normalized spacial score (nSPS) is 16.0. The molecule has 158 valence electrons. The first kappa shape index (κ1) is 26.6. The van der Waals surface area contributed by atoms with E-state index < -0.39 is 17.6 Å². The molecule has 0 spiro atoms. The Labute approximate surface area is 199 Å². The van der Waals surface area contributed by atoms with E-state index in [1.54, 1.807) is 0 Å². The largest absolute Gasteiger partial charge is 0.432 e. The fourth-order valence-corrected chi connectivity index (χ4v) is 5.36. The van der Waals surface area contributed by atoms with Gasteiger partial charge in [0.15, 0.2) is 9.84 Å². The Morgan fingerprint density at radius 3 is 2.00 bits per heavy atom. The molecule has 28 heavy (non-hydrogen) atoms. The van der Waals surface area contributed by atoms with Crippen LogP contribution in [0.1, 0.15) is 6.42 Å². The minimum atomic E-state index is -3.69. The Kier molecular flexibility index (Phi) is 12.4. The topological polar surface area (TPSA) is 105 Å². The third kappa shape index (κ3) is 9.56. The minimum Gasteiger partial charge on any atom is -0.293 e. The number of hydrogen-bond acceptors (Lipinski definition) is 6. The zero-order valence-corrected chi connectivity index (χ0v) is 22.6. The molecule has 2 atom stereocenters. The molecule has 1 N–H and O–H groups in total. The third-order valence-electron chi connectivity index (χ3n) is 3.15. The van der Waals surface area contributed by atoms with E-state index in [1.807, 2.05) is 6.07 Å². The summed E-state index contributed by atoms with van der Waals surface area (Å²) in [5.74, 6) is -0.251. The molecule has 0 heterocycles. The van der Waals surface area contributed by atoms with Crippen LogP contribution in [0.5, 0.6) is 0 Å². The maximum atomic E-state index is 13.1. The lowest BCUT2D eigenvalue weighted by atomic mass is 10.3. The number of anilines is 1. The third-order valence-corrected chi connectivity index (χ3v) is 10.9. The summed E-state index contributed by atoms with van der Waals surface area (Å²) < 4.78 is 48.3. The smallest absolute Gasteiger partial charge is 0.293 e. The van der Waals surface area contributed by atoms with E-state index in [4.69, 9.17) is 14.3 Å². The Bertz CT molecular complexity index is 786. The van der Waals surface area contributed by atoms with Crippen LogP contribution in [0.15, 0.2) is 29.2 Å². The van der Waals surface area contributed by atoms with Gasteiger partial charge in [-0.05, 0) is 24.3 Å². The van der Waals surface area contributed by atoms with Crippen LogP contribution in [0.25, 0.3) is 0 Å². The summed E-state index contributed by atoms with van der Waals surface area (Å²) in [7, 11) is -7.23. The highest BCUT2D eigenvalue weighted by Gasteiger charge is 2.27. The summed E-state index contributed by atoms with van der Waals surface area (Å²) >= 11 is 13.4. The molecule has 0 aliphatic heterocycles. The molecule has 7 nitrogen and oxygen atoms in total. The van der Waals surface area contributed by atoms with Crippen LogP contribution in [0.3, 0.4) is 0 Å². The van der Waals surface area contributed by atoms with Gasteiger partial charge in [-0.15, -0.1) is 0 Å². The highest BCUT2D eigenvalue weighted by molar-refractivity contribution is 9.12. The van der Waals surface area contributed by atoms with Gasteiger partial charge in [0.05, 0.1) is 29.9 Å². The average Bonchev–Trinajstić information content (AvgIpc) is 2.69. The van der Waals surface area contributed by atoms with Crippen LogP contribution in [0.2, 0.25) is 0 Å². The van der Waals surface area contributed by atoms with Crippen LogP contribution in [-0.2, 0) is 23.4 Å². The zero-order valence-electron chi connectivity index (χ0n) is 14.6. The van der Waals surface area contributed by atoms with Crippen molar-refractivity contribution in [3.63, 3.8) is 0 Å². The van der Waals surface area contributed by atoms with Crippen molar-refractivity contribution in [3.05, 3.63) is 24.3 Å². The molecule has 0 saturated carbocycles. The van der Waals surface area contributed by atoms with Crippen molar-refractivity contribution >= 4 is 87.0 Å². The highest BCUT2D eigenvalue weighted by Crippen LogP contribution is 2.48. The van der Waals surface area contributed by atoms with Crippen molar-refractivity contribution in [2.75, 3.05) is 34.7 Å². The number of nitriles is 1. The number of sulfone groups is 1. The van der Waals surface area contributed by atoms with E-state index in [-0.39, 0.29) is 39.9 Å². The fraction of sp³-hybridized carbons (Fsp3) is 0.533. The standard InChI is InChI=1S/C15H19Br4N2O5PS/c16-8-12(18)10-25-27(22,26-11-13(19)9-17)21-14-2-4-15(5-3-14)28(23,24)7-1-6-20/h2-5,12-13H,1,7-11H2,(H,21,22). The Hall–Kier alpha value is 0.530. The molecule has 13 heteroatoms. The minimum absolute atomic E-state index is 0.0604.